The fourth-order valence-electron chi connectivity index (χ4n) is 4.03. The van der Waals surface area contributed by atoms with E-state index >= 15 is 0 Å². The molecule has 2 aliphatic carbocycles. The minimum absolute atomic E-state index is 0.00318. The first-order valence-electron chi connectivity index (χ1n) is 7.06. The molecule has 0 aromatic rings. The molecular weight excluding hydrogens is 228 g/mol. The number of rotatable bonds is 2. The molecule has 0 aromatic carbocycles. The molecule has 1 N–H and O–H groups in total. The van der Waals surface area contributed by atoms with Crippen LogP contribution >= 0.6 is 0 Å². The van der Waals surface area contributed by atoms with E-state index < -0.39 is 0 Å². The fraction of sp³-hybridized carbons (Fsp3) is 0.800. The van der Waals surface area contributed by atoms with E-state index in [1.807, 2.05) is 0 Å². The number of carbonyl (C=O) groups excluding carboxylic acids is 1. The van der Waals surface area contributed by atoms with Gasteiger partial charge < -0.3 is 9.84 Å². The molecule has 0 amide bonds. The van der Waals surface area contributed by atoms with Crippen LogP contribution in [0, 0.1) is 23.7 Å². The second-order valence-corrected chi connectivity index (χ2v) is 6.46. The number of ether oxygens (including phenoxy) is 1. The lowest BCUT2D eigenvalue weighted by Crippen LogP contribution is -2.45. The Balaban J connectivity index is 1.94. The number of aliphatic hydroxyl groups is 1. The zero-order chi connectivity index (χ0) is 12.9. The number of carbonyl (C=O) groups is 1. The predicted molar refractivity (Wildman–Crippen MR) is 68.0 cm³/mol. The van der Waals surface area contributed by atoms with Gasteiger partial charge in [0.2, 0.25) is 0 Å². The van der Waals surface area contributed by atoms with Crippen LogP contribution in [-0.2, 0) is 9.53 Å². The van der Waals surface area contributed by atoms with Crippen molar-refractivity contribution in [3.63, 3.8) is 0 Å². The van der Waals surface area contributed by atoms with Crippen LogP contribution in [0.2, 0.25) is 0 Å². The van der Waals surface area contributed by atoms with E-state index in [1.54, 1.807) is 0 Å². The van der Waals surface area contributed by atoms with Gasteiger partial charge in [0.1, 0.15) is 0 Å². The number of Topliss-reactive ketones (excluding diaryl/α,β-unsaturated/α-hetero) is 1. The SMILES string of the molecule is CC(C)[C@H]1CC[C@@]2(CO2)[C@H]2CC(=O)C(CO)=C[C@H]12. The van der Waals surface area contributed by atoms with Gasteiger partial charge in [-0.1, -0.05) is 19.9 Å². The Kier molecular flexibility index (Phi) is 2.87. The maximum atomic E-state index is 12.0. The summed E-state index contributed by atoms with van der Waals surface area (Å²) in [6.07, 6.45) is 4.92. The van der Waals surface area contributed by atoms with E-state index in [9.17, 15) is 9.90 Å². The predicted octanol–water partition coefficient (Wildman–Crippen LogP) is 1.95. The summed E-state index contributed by atoms with van der Waals surface area (Å²) in [7, 11) is 0. The highest BCUT2D eigenvalue weighted by Gasteiger charge is 2.59. The van der Waals surface area contributed by atoms with Crippen molar-refractivity contribution in [1.29, 1.82) is 0 Å². The van der Waals surface area contributed by atoms with Crippen LogP contribution in [0.5, 0.6) is 0 Å². The molecule has 0 aromatic heterocycles. The summed E-state index contributed by atoms with van der Waals surface area (Å²) >= 11 is 0. The van der Waals surface area contributed by atoms with Crippen LogP contribution in [0.1, 0.15) is 33.1 Å². The Morgan fingerprint density at radius 3 is 2.83 bits per heavy atom. The van der Waals surface area contributed by atoms with E-state index in [0.29, 0.717) is 35.7 Å². The average Bonchev–Trinajstić information content (AvgIpc) is 3.10. The molecule has 2 fully saturated rings. The van der Waals surface area contributed by atoms with Crippen LogP contribution in [-0.4, -0.2) is 29.7 Å². The molecule has 1 spiro atoms. The van der Waals surface area contributed by atoms with E-state index in [-0.39, 0.29) is 18.0 Å². The summed E-state index contributed by atoms with van der Waals surface area (Å²) in [4.78, 5) is 12.0. The van der Waals surface area contributed by atoms with Crippen molar-refractivity contribution in [3.8, 4) is 0 Å². The number of epoxide rings is 1. The highest BCUT2D eigenvalue weighted by molar-refractivity contribution is 5.96. The Morgan fingerprint density at radius 2 is 2.28 bits per heavy atom. The van der Waals surface area contributed by atoms with Crippen LogP contribution in [0.25, 0.3) is 0 Å². The summed E-state index contributed by atoms with van der Waals surface area (Å²) < 4.78 is 5.71. The van der Waals surface area contributed by atoms with Gasteiger partial charge in [0.25, 0.3) is 0 Å². The number of allylic oxidation sites excluding steroid dienone is 1. The van der Waals surface area contributed by atoms with Gasteiger partial charge in [-0.2, -0.15) is 0 Å². The van der Waals surface area contributed by atoms with Crippen molar-refractivity contribution in [2.24, 2.45) is 23.7 Å². The van der Waals surface area contributed by atoms with Gasteiger partial charge in [-0.15, -0.1) is 0 Å². The van der Waals surface area contributed by atoms with Gasteiger partial charge in [-0.25, -0.2) is 0 Å². The molecule has 3 aliphatic rings. The Hall–Kier alpha value is -0.670. The first kappa shape index (κ1) is 12.4. The first-order chi connectivity index (χ1) is 8.57. The molecule has 0 bridgehead atoms. The van der Waals surface area contributed by atoms with Crippen molar-refractivity contribution in [2.45, 2.75) is 38.7 Å². The van der Waals surface area contributed by atoms with Crippen LogP contribution in [0.15, 0.2) is 11.6 Å². The molecule has 100 valence electrons. The van der Waals surface area contributed by atoms with Gasteiger partial charge in [-0.05, 0) is 30.6 Å². The van der Waals surface area contributed by atoms with E-state index in [1.165, 1.54) is 6.42 Å². The summed E-state index contributed by atoms with van der Waals surface area (Å²) in [5.74, 6) is 2.14. The van der Waals surface area contributed by atoms with E-state index in [2.05, 4.69) is 19.9 Å². The van der Waals surface area contributed by atoms with Gasteiger partial charge in [-0.3, -0.25) is 4.79 Å². The second-order valence-electron chi connectivity index (χ2n) is 6.46. The average molecular weight is 250 g/mol. The van der Waals surface area contributed by atoms with Gasteiger partial charge in [0, 0.05) is 17.9 Å². The Labute approximate surface area is 108 Å². The van der Waals surface area contributed by atoms with Crippen molar-refractivity contribution < 1.29 is 14.6 Å². The fourth-order valence-corrected chi connectivity index (χ4v) is 4.03. The zero-order valence-corrected chi connectivity index (χ0v) is 11.2. The van der Waals surface area contributed by atoms with Gasteiger partial charge in [0.15, 0.2) is 5.78 Å². The molecule has 1 heterocycles. The topological polar surface area (TPSA) is 49.8 Å². The minimum atomic E-state index is -0.110. The first-order valence-corrected chi connectivity index (χ1v) is 7.06. The molecule has 0 radical (unpaired) electrons. The third kappa shape index (κ3) is 1.76. The third-order valence-corrected chi connectivity index (χ3v) is 5.23. The van der Waals surface area contributed by atoms with Crippen molar-refractivity contribution >= 4 is 5.78 Å². The van der Waals surface area contributed by atoms with Gasteiger partial charge in [0.05, 0.1) is 18.8 Å². The second kappa shape index (κ2) is 4.17. The van der Waals surface area contributed by atoms with Gasteiger partial charge >= 0.3 is 0 Å². The number of ketones is 1. The van der Waals surface area contributed by atoms with Crippen LogP contribution in [0.4, 0.5) is 0 Å². The number of aliphatic hydroxyl groups excluding tert-OH is 1. The van der Waals surface area contributed by atoms with Crippen molar-refractivity contribution in [3.05, 3.63) is 11.6 Å². The summed E-state index contributed by atoms with van der Waals surface area (Å²) in [6, 6.07) is 0. The van der Waals surface area contributed by atoms with E-state index in [4.69, 9.17) is 4.74 Å². The lowest BCUT2D eigenvalue weighted by molar-refractivity contribution is -0.119. The number of hydrogen-bond acceptors (Lipinski definition) is 3. The Bertz CT molecular complexity index is 393. The summed E-state index contributed by atoms with van der Waals surface area (Å²) in [6.45, 7) is 5.24. The van der Waals surface area contributed by atoms with Crippen LogP contribution < -0.4 is 0 Å². The largest absolute Gasteiger partial charge is 0.392 e. The molecule has 3 nitrogen and oxygen atoms in total. The lowest BCUT2D eigenvalue weighted by atomic mass is 9.59. The van der Waals surface area contributed by atoms with Crippen molar-refractivity contribution in [2.75, 3.05) is 13.2 Å². The molecule has 18 heavy (non-hydrogen) atoms. The molecule has 4 atom stereocenters. The molecule has 1 saturated heterocycles. The molecule has 1 saturated carbocycles. The molecule has 1 aliphatic heterocycles. The quantitative estimate of drug-likeness (QED) is 0.762. The third-order valence-electron chi connectivity index (χ3n) is 5.23. The number of fused-ring (bicyclic) bond motifs is 2. The van der Waals surface area contributed by atoms with Crippen molar-refractivity contribution in [1.82, 2.24) is 0 Å². The number of hydrogen-bond donors (Lipinski definition) is 1. The maximum absolute atomic E-state index is 12.0. The minimum Gasteiger partial charge on any atom is -0.392 e. The summed E-state index contributed by atoms with van der Waals surface area (Å²) in [5.41, 5.74) is 0.628. The molecule has 3 rings (SSSR count). The van der Waals surface area contributed by atoms with E-state index in [0.717, 1.165) is 13.0 Å². The standard InChI is InChI=1S/C15H22O3/c1-9(2)11-3-4-15(8-18-15)13-6-14(17)10(7-16)5-12(11)13/h5,9,11-13,16H,3-4,6-8H2,1-2H3/t11-,12-,13+,15-/m1/s1. The molecule has 0 unspecified atom stereocenters. The highest BCUT2D eigenvalue weighted by Crippen LogP contribution is 2.55. The highest BCUT2D eigenvalue weighted by atomic mass is 16.6. The normalized spacial score (nSPS) is 43.0. The monoisotopic (exact) mass is 250 g/mol. The molecule has 3 heteroatoms. The summed E-state index contributed by atoms with van der Waals surface area (Å²) in [5, 5.41) is 9.30. The zero-order valence-electron chi connectivity index (χ0n) is 11.2. The maximum Gasteiger partial charge on any atom is 0.161 e. The Morgan fingerprint density at radius 1 is 1.56 bits per heavy atom. The molecular formula is C15H22O3. The lowest BCUT2D eigenvalue weighted by Gasteiger charge is -2.44. The van der Waals surface area contributed by atoms with Crippen LogP contribution in [0.3, 0.4) is 0 Å². The smallest absolute Gasteiger partial charge is 0.161 e.